The fourth-order valence-electron chi connectivity index (χ4n) is 4.32. The zero-order valence-electron chi connectivity index (χ0n) is 19.0. The zero-order valence-corrected chi connectivity index (χ0v) is 19.0. The number of piperidine rings is 1. The standard InChI is InChI=1S/C26H29N3O4/c1-19(30)33-24(21-6-4-3-5-7-21)26(31)28-15-12-22(13-16-28)25-27-14-17-29(25)18-20-8-10-23(32-2)11-9-20/h3-11,14,17,22,24H,12-13,15-16,18H2,1-2H3. The average Bonchev–Trinajstić information content (AvgIpc) is 3.31. The highest BCUT2D eigenvalue weighted by Gasteiger charge is 2.32. The van der Waals surface area contributed by atoms with E-state index in [-0.39, 0.29) is 11.8 Å². The number of benzene rings is 2. The van der Waals surface area contributed by atoms with E-state index >= 15 is 0 Å². The second kappa shape index (κ2) is 10.3. The lowest BCUT2D eigenvalue weighted by Gasteiger charge is -2.34. The summed E-state index contributed by atoms with van der Waals surface area (Å²) in [6.07, 6.45) is 4.56. The summed E-state index contributed by atoms with van der Waals surface area (Å²) in [6, 6.07) is 17.2. The number of rotatable bonds is 7. The molecule has 33 heavy (non-hydrogen) atoms. The van der Waals surface area contributed by atoms with E-state index in [1.54, 1.807) is 12.0 Å². The van der Waals surface area contributed by atoms with Gasteiger partial charge in [0.05, 0.1) is 7.11 Å². The molecule has 0 aliphatic carbocycles. The van der Waals surface area contributed by atoms with Crippen LogP contribution in [0, 0.1) is 0 Å². The third-order valence-corrected chi connectivity index (χ3v) is 6.04. The van der Waals surface area contributed by atoms with Crippen molar-refractivity contribution in [1.29, 1.82) is 0 Å². The van der Waals surface area contributed by atoms with Crippen LogP contribution in [-0.4, -0.2) is 46.5 Å². The van der Waals surface area contributed by atoms with Crippen molar-refractivity contribution < 1.29 is 19.1 Å². The fraction of sp³-hybridized carbons (Fsp3) is 0.346. The van der Waals surface area contributed by atoms with E-state index in [2.05, 4.69) is 21.7 Å². The first kappa shape index (κ1) is 22.6. The van der Waals surface area contributed by atoms with Crippen molar-refractivity contribution in [2.45, 2.75) is 38.3 Å². The van der Waals surface area contributed by atoms with E-state index in [1.165, 1.54) is 12.5 Å². The second-order valence-electron chi connectivity index (χ2n) is 8.26. The number of likely N-dealkylation sites (tertiary alicyclic amines) is 1. The molecule has 1 amide bonds. The smallest absolute Gasteiger partial charge is 0.303 e. The monoisotopic (exact) mass is 447 g/mol. The molecule has 3 aromatic rings. The van der Waals surface area contributed by atoms with Crippen molar-refractivity contribution in [3.63, 3.8) is 0 Å². The van der Waals surface area contributed by atoms with Gasteiger partial charge in [-0.3, -0.25) is 9.59 Å². The van der Waals surface area contributed by atoms with Crippen LogP contribution in [0.4, 0.5) is 0 Å². The molecule has 0 saturated carbocycles. The lowest BCUT2D eigenvalue weighted by Crippen LogP contribution is -2.42. The molecule has 0 radical (unpaired) electrons. The molecular formula is C26H29N3O4. The Morgan fingerprint density at radius 3 is 2.39 bits per heavy atom. The van der Waals surface area contributed by atoms with E-state index in [0.717, 1.165) is 31.0 Å². The molecule has 7 heteroatoms. The fourth-order valence-corrected chi connectivity index (χ4v) is 4.32. The first-order valence-corrected chi connectivity index (χ1v) is 11.2. The van der Waals surface area contributed by atoms with Gasteiger partial charge >= 0.3 is 5.97 Å². The second-order valence-corrected chi connectivity index (χ2v) is 8.26. The maximum Gasteiger partial charge on any atom is 0.303 e. The molecule has 7 nitrogen and oxygen atoms in total. The highest BCUT2D eigenvalue weighted by atomic mass is 16.5. The van der Waals surface area contributed by atoms with Gasteiger partial charge in [-0.05, 0) is 30.5 Å². The van der Waals surface area contributed by atoms with Gasteiger partial charge in [-0.15, -0.1) is 0 Å². The van der Waals surface area contributed by atoms with Gasteiger partial charge in [0.2, 0.25) is 6.10 Å². The Bertz CT molecular complexity index is 1070. The van der Waals surface area contributed by atoms with Crippen LogP contribution in [0.1, 0.15) is 48.7 Å². The number of amides is 1. The predicted molar refractivity (Wildman–Crippen MR) is 124 cm³/mol. The Kier molecular flexibility index (Phi) is 7.07. The first-order chi connectivity index (χ1) is 16.0. The van der Waals surface area contributed by atoms with E-state index in [4.69, 9.17) is 9.47 Å². The Morgan fingerprint density at radius 2 is 1.76 bits per heavy atom. The SMILES string of the molecule is COc1ccc(Cn2ccnc2C2CCN(C(=O)C(OC(C)=O)c3ccccc3)CC2)cc1. The number of aromatic nitrogens is 2. The van der Waals surface area contributed by atoms with Crippen LogP contribution in [0.3, 0.4) is 0 Å². The molecular weight excluding hydrogens is 418 g/mol. The highest BCUT2D eigenvalue weighted by Crippen LogP contribution is 2.30. The summed E-state index contributed by atoms with van der Waals surface area (Å²) in [4.78, 5) is 31.3. The van der Waals surface area contributed by atoms with Crippen molar-refractivity contribution in [2.75, 3.05) is 20.2 Å². The van der Waals surface area contributed by atoms with Crippen LogP contribution in [0.15, 0.2) is 67.0 Å². The minimum absolute atomic E-state index is 0.170. The third-order valence-electron chi connectivity index (χ3n) is 6.04. The zero-order chi connectivity index (χ0) is 23.2. The van der Waals surface area contributed by atoms with Crippen molar-refractivity contribution in [1.82, 2.24) is 14.5 Å². The van der Waals surface area contributed by atoms with Gasteiger partial charge in [0, 0.05) is 50.4 Å². The Morgan fingerprint density at radius 1 is 1.06 bits per heavy atom. The third kappa shape index (κ3) is 5.42. The van der Waals surface area contributed by atoms with Gasteiger partial charge in [0.25, 0.3) is 5.91 Å². The van der Waals surface area contributed by atoms with E-state index < -0.39 is 12.1 Å². The van der Waals surface area contributed by atoms with Gasteiger partial charge in [0.15, 0.2) is 0 Å². The van der Waals surface area contributed by atoms with E-state index in [1.807, 2.05) is 54.9 Å². The van der Waals surface area contributed by atoms with Gasteiger partial charge in [-0.2, -0.15) is 0 Å². The van der Waals surface area contributed by atoms with Crippen LogP contribution in [0.2, 0.25) is 0 Å². The van der Waals surface area contributed by atoms with Crippen molar-refractivity contribution >= 4 is 11.9 Å². The lowest BCUT2D eigenvalue weighted by atomic mass is 9.95. The maximum atomic E-state index is 13.2. The minimum atomic E-state index is -0.905. The number of carbonyl (C=O) groups is 2. The Hall–Kier alpha value is -3.61. The van der Waals surface area contributed by atoms with Crippen LogP contribution in [0.25, 0.3) is 0 Å². The number of nitrogens with zero attached hydrogens (tertiary/aromatic N) is 3. The molecule has 1 aliphatic heterocycles. The van der Waals surface area contributed by atoms with Gasteiger partial charge in [0.1, 0.15) is 11.6 Å². The molecule has 1 aliphatic rings. The summed E-state index contributed by atoms with van der Waals surface area (Å²) in [5, 5.41) is 0. The average molecular weight is 448 g/mol. The van der Waals surface area contributed by atoms with E-state index in [9.17, 15) is 9.59 Å². The molecule has 1 fully saturated rings. The molecule has 0 bridgehead atoms. The molecule has 1 saturated heterocycles. The quantitative estimate of drug-likeness (QED) is 0.513. The molecule has 0 N–H and O–H groups in total. The van der Waals surface area contributed by atoms with Crippen LogP contribution in [-0.2, 0) is 20.9 Å². The van der Waals surface area contributed by atoms with Crippen LogP contribution in [0.5, 0.6) is 5.75 Å². The Balaban J connectivity index is 1.41. The summed E-state index contributed by atoms with van der Waals surface area (Å²) >= 11 is 0. The molecule has 0 spiro atoms. The largest absolute Gasteiger partial charge is 0.497 e. The molecule has 4 rings (SSSR count). The normalized spacial score (nSPS) is 15.2. The Labute approximate surface area is 194 Å². The summed E-state index contributed by atoms with van der Waals surface area (Å²) < 4.78 is 12.8. The number of hydrogen-bond donors (Lipinski definition) is 0. The number of imidazole rings is 1. The summed E-state index contributed by atoms with van der Waals surface area (Å²) in [6.45, 7) is 3.27. The van der Waals surface area contributed by atoms with Crippen molar-refractivity contribution in [2.24, 2.45) is 0 Å². The molecule has 1 unspecified atom stereocenters. The van der Waals surface area contributed by atoms with Crippen LogP contribution >= 0.6 is 0 Å². The molecule has 2 heterocycles. The predicted octanol–water partition coefficient (Wildman–Crippen LogP) is 3.95. The molecule has 1 atom stereocenters. The molecule has 172 valence electrons. The van der Waals surface area contributed by atoms with Gasteiger partial charge in [-0.25, -0.2) is 4.98 Å². The van der Waals surface area contributed by atoms with Crippen molar-refractivity contribution in [3.05, 3.63) is 83.9 Å². The van der Waals surface area contributed by atoms with Gasteiger partial charge < -0.3 is 18.9 Å². The number of carbonyl (C=O) groups excluding carboxylic acids is 2. The molecule has 2 aromatic carbocycles. The minimum Gasteiger partial charge on any atom is -0.497 e. The lowest BCUT2D eigenvalue weighted by molar-refractivity contribution is -0.159. The summed E-state index contributed by atoms with van der Waals surface area (Å²) in [5.41, 5.74) is 1.87. The summed E-state index contributed by atoms with van der Waals surface area (Å²) in [5.74, 6) is 1.51. The molecule has 1 aromatic heterocycles. The topological polar surface area (TPSA) is 73.7 Å². The maximum absolute atomic E-state index is 13.2. The number of methoxy groups -OCH3 is 1. The highest BCUT2D eigenvalue weighted by molar-refractivity contribution is 5.84. The van der Waals surface area contributed by atoms with Gasteiger partial charge in [-0.1, -0.05) is 42.5 Å². The number of hydrogen-bond acceptors (Lipinski definition) is 5. The van der Waals surface area contributed by atoms with Crippen LogP contribution < -0.4 is 4.74 Å². The number of esters is 1. The first-order valence-electron chi connectivity index (χ1n) is 11.2. The van der Waals surface area contributed by atoms with E-state index in [0.29, 0.717) is 18.7 Å². The van der Waals surface area contributed by atoms with Crippen molar-refractivity contribution in [3.8, 4) is 5.75 Å². The number of ether oxygens (including phenoxy) is 2. The summed E-state index contributed by atoms with van der Waals surface area (Å²) in [7, 11) is 1.66.